The summed E-state index contributed by atoms with van der Waals surface area (Å²) in [6.45, 7) is 2.45. The third-order valence-corrected chi connectivity index (χ3v) is 3.77. The SMILES string of the molecule is CC(=O)N(CCNC(=O)c1ccccc1F)Cc1ccc(Cl)cc1. The molecule has 24 heavy (non-hydrogen) atoms. The van der Waals surface area contributed by atoms with Crippen LogP contribution in [0.25, 0.3) is 0 Å². The Balaban J connectivity index is 1.90. The molecule has 0 aliphatic heterocycles. The topological polar surface area (TPSA) is 49.4 Å². The Kier molecular flexibility index (Phi) is 6.32. The van der Waals surface area contributed by atoms with E-state index < -0.39 is 11.7 Å². The van der Waals surface area contributed by atoms with E-state index >= 15 is 0 Å². The lowest BCUT2D eigenvalue weighted by Gasteiger charge is -2.21. The number of nitrogens with zero attached hydrogens (tertiary/aromatic N) is 1. The van der Waals surface area contributed by atoms with Crippen LogP contribution in [0.4, 0.5) is 4.39 Å². The zero-order valence-corrected chi connectivity index (χ0v) is 14.0. The minimum absolute atomic E-state index is 0.00965. The van der Waals surface area contributed by atoms with Gasteiger partial charge in [-0.1, -0.05) is 35.9 Å². The average molecular weight is 349 g/mol. The Hall–Kier alpha value is -2.40. The van der Waals surface area contributed by atoms with Gasteiger partial charge in [0.15, 0.2) is 0 Å². The first kappa shape index (κ1) is 17.9. The molecular weight excluding hydrogens is 331 g/mol. The van der Waals surface area contributed by atoms with Crippen molar-refractivity contribution < 1.29 is 14.0 Å². The molecule has 4 nitrogen and oxygen atoms in total. The highest BCUT2D eigenvalue weighted by Crippen LogP contribution is 2.11. The molecule has 0 spiro atoms. The van der Waals surface area contributed by atoms with Gasteiger partial charge in [0.2, 0.25) is 5.91 Å². The minimum Gasteiger partial charge on any atom is -0.350 e. The van der Waals surface area contributed by atoms with Crippen LogP contribution in [-0.2, 0) is 11.3 Å². The lowest BCUT2D eigenvalue weighted by atomic mass is 10.2. The maximum Gasteiger partial charge on any atom is 0.254 e. The summed E-state index contributed by atoms with van der Waals surface area (Å²) in [4.78, 5) is 25.3. The number of rotatable bonds is 6. The smallest absolute Gasteiger partial charge is 0.254 e. The average Bonchev–Trinajstić information content (AvgIpc) is 2.56. The van der Waals surface area contributed by atoms with Crippen LogP contribution in [-0.4, -0.2) is 29.8 Å². The van der Waals surface area contributed by atoms with Crippen molar-refractivity contribution in [3.63, 3.8) is 0 Å². The zero-order valence-electron chi connectivity index (χ0n) is 13.3. The molecule has 0 bridgehead atoms. The summed E-state index contributed by atoms with van der Waals surface area (Å²) in [5, 5.41) is 3.26. The van der Waals surface area contributed by atoms with Gasteiger partial charge in [-0.2, -0.15) is 0 Å². The van der Waals surface area contributed by atoms with Crippen LogP contribution >= 0.6 is 11.6 Å². The normalized spacial score (nSPS) is 10.3. The lowest BCUT2D eigenvalue weighted by Crippen LogP contribution is -2.37. The van der Waals surface area contributed by atoms with Crippen LogP contribution in [0.15, 0.2) is 48.5 Å². The van der Waals surface area contributed by atoms with E-state index in [9.17, 15) is 14.0 Å². The number of amides is 2. The summed E-state index contributed by atoms with van der Waals surface area (Å²) in [5.41, 5.74) is 0.930. The van der Waals surface area contributed by atoms with Crippen molar-refractivity contribution in [2.24, 2.45) is 0 Å². The van der Waals surface area contributed by atoms with Gasteiger partial charge in [-0.05, 0) is 29.8 Å². The minimum atomic E-state index is -0.570. The molecule has 0 saturated carbocycles. The molecule has 1 N–H and O–H groups in total. The van der Waals surface area contributed by atoms with Crippen molar-refractivity contribution in [1.82, 2.24) is 10.2 Å². The first-order chi connectivity index (χ1) is 11.5. The van der Waals surface area contributed by atoms with Crippen molar-refractivity contribution in [3.05, 3.63) is 70.5 Å². The molecule has 0 unspecified atom stereocenters. The fourth-order valence-corrected chi connectivity index (χ4v) is 2.33. The predicted molar refractivity (Wildman–Crippen MR) is 91.3 cm³/mol. The van der Waals surface area contributed by atoms with Crippen LogP contribution in [0.2, 0.25) is 5.02 Å². The van der Waals surface area contributed by atoms with E-state index in [4.69, 9.17) is 11.6 Å². The van der Waals surface area contributed by atoms with Gasteiger partial charge in [0.25, 0.3) is 5.91 Å². The van der Waals surface area contributed by atoms with Gasteiger partial charge in [-0.3, -0.25) is 9.59 Å². The molecule has 0 saturated heterocycles. The standard InChI is InChI=1S/C18H18ClFN2O2/c1-13(23)22(12-14-6-8-15(19)9-7-14)11-10-21-18(24)16-4-2-3-5-17(16)20/h2-9H,10-12H2,1H3,(H,21,24). The van der Waals surface area contributed by atoms with E-state index in [0.29, 0.717) is 18.1 Å². The molecule has 6 heteroatoms. The Morgan fingerprint density at radius 3 is 2.42 bits per heavy atom. The summed E-state index contributed by atoms with van der Waals surface area (Å²) in [6, 6.07) is 13.0. The van der Waals surface area contributed by atoms with Crippen LogP contribution in [0.1, 0.15) is 22.8 Å². The summed E-state index contributed by atoms with van der Waals surface area (Å²) in [6.07, 6.45) is 0. The Labute approximate surface area is 145 Å². The molecule has 2 aromatic carbocycles. The summed E-state index contributed by atoms with van der Waals surface area (Å²) in [5.74, 6) is -1.17. The van der Waals surface area contributed by atoms with Gasteiger partial charge in [0.1, 0.15) is 5.82 Å². The van der Waals surface area contributed by atoms with E-state index in [-0.39, 0.29) is 18.0 Å². The van der Waals surface area contributed by atoms with Crippen molar-refractivity contribution >= 4 is 23.4 Å². The number of benzene rings is 2. The fraction of sp³-hybridized carbons (Fsp3) is 0.222. The van der Waals surface area contributed by atoms with Gasteiger partial charge in [0.05, 0.1) is 5.56 Å². The Bertz CT molecular complexity index is 719. The van der Waals surface area contributed by atoms with Crippen molar-refractivity contribution in [3.8, 4) is 0 Å². The van der Waals surface area contributed by atoms with Gasteiger partial charge >= 0.3 is 0 Å². The number of halogens is 2. The Morgan fingerprint density at radius 1 is 1.12 bits per heavy atom. The molecular formula is C18H18ClFN2O2. The number of carbonyl (C=O) groups excluding carboxylic acids is 2. The van der Waals surface area contributed by atoms with Crippen LogP contribution < -0.4 is 5.32 Å². The highest BCUT2D eigenvalue weighted by Gasteiger charge is 2.13. The highest BCUT2D eigenvalue weighted by molar-refractivity contribution is 6.30. The third kappa shape index (κ3) is 5.06. The van der Waals surface area contributed by atoms with Gasteiger partial charge in [-0.25, -0.2) is 4.39 Å². The monoisotopic (exact) mass is 348 g/mol. The lowest BCUT2D eigenvalue weighted by molar-refractivity contribution is -0.129. The van der Waals surface area contributed by atoms with Crippen molar-refractivity contribution in [2.75, 3.05) is 13.1 Å². The summed E-state index contributed by atoms with van der Waals surface area (Å²) >= 11 is 5.84. The van der Waals surface area contributed by atoms with Crippen molar-refractivity contribution in [1.29, 1.82) is 0 Å². The maximum atomic E-state index is 13.5. The molecule has 0 atom stereocenters. The van der Waals surface area contributed by atoms with E-state index in [0.717, 1.165) is 5.56 Å². The summed E-state index contributed by atoms with van der Waals surface area (Å²) in [7, 11) is 0. The second-order valence-electron chi connectivity index (χ2n) is 5.30. The van der Waals surface area contributed by atoms with E-state index in [2.05, 4.69) is 5.32 Å². The first-order valence-corrected chi connectivity index (χ1v) is 7.88. The highest BCUT2D eigenvalue weighted by atomic mass is 35.5. The number of nitrogens with one attached hydrogen (secondary N) is 1. The quantitative estimate of drug-likeness (QED) is 0.871. The molecule has 0 aliphatic rings. The van der Waals surface area contributed by atoms with E-state index in [1.807, 2.05) is 12.1 Å². The van der Waals surface area contributed by atoms with E-state index in [1.54, 1.807) is 23.1 Å². The molecule has 0 heterocycles. The third-order valence-electron chi connectivity index (χ3n) is 3.52. The van der Waals surface area contributed by atoms with Crippen molar-refractivity contribution in [2.45, 2.75) is 13.5 Å². The van der Waals surface area contributed by atoms with Gasteiger partial charge in [-0.15, -0.1) is 0 Å². The molecule has 2 aromatic rings. The first-order valence-electron chi connectivity index (χ1n) is 7.50. The fourth-order valence-electron chi connectivity index (χ4n) is 2.20. The van der Waals surface area contributed by atoms with E-state index in [1.165, 1.54) is 25.1 Å². The molecule has 0 aliphatic carbocycles. The Morgan fingerprint density at radius 2 is 1.79 bits per heavy atom. The predicted octanol–water partition coefficient (Wildman–Crippen LogP) is 3.26. The second kappa shape index (κ2) is 8.45. The molecule has 0 radical (unpaired) electrons. The number of hydrogen-bond donors (Lipinski definition) is 1. The molecule has 126 valence electrons. The largest absolute Gasteiger partial charge is 0.350 e. The van der Waals surface area contributed by atoms with Gasteiger partial charge < -0.3 is 10.2 Å². The molecule has 2 rings (SSSR count). The molecule has 0 fully saturated rings. The van der Waals surface area contributed by atoms with Crippen LogP contribution in [0, 0.1) is 5.82 Å². The number of hydrogen-bond acceptors (Lipinski definition) is 2. The van der Waals surface area contributed by atoms with Gasteiger partial charge in [0, 0.05) is 31.6 Å². The maximum absolute atomic E-state index is 13.5. The van der Waals surface area contributed by atoms with Crippen LogP contribution in [0.5, 0.6) is 0 Å². The second-order valence-corrected chi connectivity index (χ2v) is 5.74. The molecule has 2 amide bonds. The zero-order chi connectivity index (χ0) is 17.5. The summed E-state index contributed by atoms with van der Waals surface area (Å²) < 4.78 is 13.5. The molecule has 0 aromatic heterocycles. The van der Waals surface area contributed by atoms with Crippen LogP contribution in [0.3, 0.4) is 0 Å². The number of carbonyl (C=O) groups is 2.